The predicted molar refractivity (Wildman–Crippen MR) is 129 cm³/mol. The molecule has 34 heavy (non-hydrogen) atoms. The largest absolute Gasteiger partial charge is 0.443 e. The first-order valence-corrected chi connectivity index (χ1v) is 12.3. The van der Waals surface area contributed by atoms with Gasteiger partial charge in [0.05, 0.1) is 32.3 Å². The molecule has 2 aromatic heterocycles. The Morgan fingerprint density at radius 3 is 1.32 bits per heavy atom. The smallest absolute Gasteiger partial charge is 0.422 e. The topological polar surface area (TPSA) is 93.2 Å². The molecular weight excluding hydrogens is 476 g/mol. The van der Waals surface area contributed by atoms with Gasteiger partial charge in [-0.15, -0.1) is 22.7 Å². The van der Waals surface area contributed by atoms with Crippen molar-refractivity contribution in [1.29, 1.82) is 0 Å². The van der Waals surface area contributed by atoms with Crippen molar-refractivity contribution in [3.8, 4) is 0 Å². The Hall–Kier alpha value is -3.24. The summed E-state index contributed by atoms with van der Waals surface area (Å²) in [5.41, 5.74) is -1.56. The van der Waals surface area contributed by atoms with Crippen LogP contribution >= 0.6 is 22.7 Å². The zero-order valence-electron chi connectivity index (χ0n) is 19.6. The zero-order chi connectivity index (χ0) is 25.0. The van der Waals surface area contributed by atoms with Crippen LogP contribution in [0.3, 0.4) is 0 Å². The number of hydrogen-bond donors (Lipinski definition) is 0. The van der Waals surface area contributed by atoms with Crippen molar-refractivity contribution in [1.82, 2.24) is 9.80 Å². The van der Waals surface area contributed by atoms with Crippen LogP contribution in [0.5, 0.6) is 0 Å². The minimum atomic E-state index is -0.891. The van der Waals surface area contributed by atoms with E-state index in [-0.39, 0.29) is 22.5 Å². The van der Waals surface area contributed by atoms with Gasteiger partial charge in [0, 0.05) is 0 Å². The Morgan fingerprint density at radius 2 is 1.06 bits per heavy atom. The molecule has 2 aliphatic rings. The van der Waals surface area contributed by atoms with E-state index in [0.29, 0.717) is 9.75 Å². The van der Waals surface area contributed by atoms with Crippen LogP contribution in [0.15, 0.2) is 46.2 Å². The third-order valence-electron chi connectivity index (χ3n) is 4.67. The van der Waals surface area contributed by atoms with Crippen molar-refractivity contribution in [2.45, 2.75) is 52.7 Å². The minimum absolute atomic E-state index is 0.0208. The van der Waals surface area contributed by atoms with Gasteiger partial charge in [-0.05, 0) is 64.4 Å². The molecule has 0 aliphatic carbocycles. The predicted octanol–water partition coefficient (Wildman–Crippen LogP) is 5.49. The van der Waals surface area contributed by atoms with E-state index in [2.05, 4.69) is 0 Å². The molecule has 4 heterocycles. The molecule has 4 amide bonds. The van der Waals surface area contributed by atoms with Crippen molar-refractivity contribution >= 4 is 58.1 Å². The maximum atomic E-state index is 13.7. The number of imide groups is 2. The molecule has 0 unspecified atom stereocenters. The molecule has 178 valence electrons. The fourth-order valence-electron chi connectivity index (χ4n) is 3.56. The summed E-state index contributed by atoms with van der Waals surface area (Å²) >= 11 is 2.53. The van der Waals surface area contributed by atoms with Crippen LogP contribution in [0.1, 0.15) is 51.3 Å². The highest BCUT2D eigenvalue weighted by Gasteiger charge is 2.54. The standard InChI is InChI=1S/C24H24N2O6S2/c1-23(2,3)31-21(29)25-17(13-9-7-11-33-13)15-16(19(25)27)18(14-10-8-12-34-14)26(20(15)28)22(30)32-24(4,5)6/h7-12H,1-6H3. The molecule has 4 rings (SSSR count). The lowest BCUT2D eigenvalue weighted by atomic mass is 10.1. The number of rotatable bonds is 2. The molecular formula is C24H24N2O6S2. The van der Waals surface area contributed by atoms with Gasteiger partial charge < -0.3 is 9.47 Å². The lowest BCUT2D eigenvalue weighted by molar-refractivity contribution is -0.123. The minimum Gasteiger partial charge on any atom is -0.443 e. The Labute approximate surface area is 205 Å². The zero-order valence-corrected chi connectivity index (χ0v) is 21.3. The Morgan fingerprint density at radius 1 is 0.706 bits per heavy atom. The van der Waals surface area contributed by atoms with Crippen LogP contribution in [0, 0.1) is 0 Å². The monoisotopic (exact) mass is 500 g/mol. The molecule has 8 nitrogen and oxygen atoms in total. The highest BCUT2D eigenvalue weighted by Crippen LogP contribution is 2.48. The lowest BCUT2D eigenvalue weighted by Crippen LogP contribution is -2.40. The molecule has 0 N–H and O–H groups in total. The van der Waals surface area contributed by atoms with Gasteiger partial charge in [0.25, 0.3) is 11.8 Å². The molecule has 2 aliphatic heterocycles. The lowest BCUT2D eigenvalue weighted by Gasteiger charge is -2.27. The third-order valence-corrected chi connectivity index (χ3v) is 6.42. The first-order valence-electron chi connectivity index (χ1n) is 10.5. The number of fused-ring (bicyclic) bond motifs is 1. The second-order valence-electron chi connectivity index (χ2n) is 9.64. The summed E-state index contributed by atoms with van der Waals surface area (Å²) in [6.45, 7) is 10.1. The van der Waals surface area contributed by atoms with E-state index in [1.54, 1.807) is 76.6 Å². The Balaban J connectivity index is 1.95. The maximum absolute atomic E-state index is 13.7. The van der Waals surface area contributed by atoms with Crippen molar-refractivity contribution in [2.24, 2.45) is 0 Å². The van der Waals surface area contributed by atoms with Gasteiger partial charge in [0.1, 0.15) is 11.2 Å². The van der Waals surface area contributed by atoms with Gasteiger partial charge in [-0.3, -0.25) is 9.59 Å². The number of amides is 4. The van der Waals surface area contributed by atoms with Crippen LogP contribution in [-0.2, 0) is 19.1 Å². The van der Waals surface area contributed by atoms with Gasteiger partial charge in [-0.2, -0.15) is 0 Å². The van der Waals surface area contributed by atoms with E-state index in [0.717, 1.165) is 9.80 Å². The van der Waals surface area contributed by atoms with Crippen LogP contribution in [0.25, 0.3) is 11.4 Å². The van der Waals surface area contributed by atoms with Crippen molar-refractivity contribution < 1.29 is 28.7 Å². The molecule has 0 atom stereocenters. The maximum Gasteiger partial charge on any atom is 0.422 e. The van der Waals surface area contributed by atoms with Crippen LogP contribution in [0.4, 0.5) is 9.59 Å². The molecule has 2 aromatic rings. The average molecular weight is 501 g/mol. The summed E-state index contributed by atoms with van der Waals surface area (Å²) in [5.74, 6) is -1.45. The fourth-order valence-corrected chi connectivity index (χ4v) is 5.09. The molecule has 0 bridgehead atoms. The molecule has 0 radical (unpaired) electrons. The van der Waals surface area contributed by atoms with Crippen molar-refractivity contribution in [2.75, 3.05) is 0 Å². The fraction of sp³-hybridized carbons (Fsp3) is 0.333. The van der Waals surface area contributed by atoms with Crippen molar-refractivity contribution in [3.63, 3.8) is 0 Å². The van der Waals surface area contributed by atoms with Crippen LogP contribution in [-0.4, -0.2) is 45.0 Å². The molecule has 10 heteroatoms. The van der Waals surface area contributed by atoms with Crippen LogP contribution < -0.4 is 0 Å². The second-order valence-corrected chi connectivity index (χ2v) is 11.5. The number of nitrogens with zero attached hydrogens (tertiary/aromatic N) is 2. The summed E-state index contributed by atoms with van der Waals surface area (Å²) in [4.78, 5) is 56.5. The Bertz CT molecular complexity index is 1140. The van der Waals surface area contributed by atoms with E-state index in [1.807, 2.05) is 0 Å². The van der Waals surface area contributed by atoms with Gasteiger partial charge in [0.2, 0.25) is 0 Å². The normalized spacial score (nSPS) is 16.5. The van der Waals surface area contributed by atoms with E-state index in [1.165, 1.54) is 22.7 Å². The first-order chi connectivity index (χ1) is 15.8. The highest BCUT2D eigenvalue weighted by molar-refractivity contribution is 7.11. The molecule has 0 fully saturated rings. The molecule has 0 saturated carbocycles. The van der Waals surface area contributed by atoms with Gasteiger partial charge in [0.15, 0.2) is 0 Å². The summed E-state index contributed by atoms with van der Waals surface area (Å²) in [7, 11) is 0. The highest BCUT2D eigenvalue weighted by atomic mass is 32.1. The van der Waals surface area contributed by atoms with E-state index >= 15 is 0 Å². The summed E-state index contributed by atoms with van der Waals surface area (Å²) < 4.78 is 11.0. The van der Waals surface area contributed by atoms with Crippen LogP contribution in [0.2, 0.25) is 0 Å². The number of hydrogen-bond acceptors (Lipinski definition) is 8. The quantitative estimate of drug-likeness (QED) is 0.542. The summed E-state index contributed by atoms with van der Waals surface area (Å²) in [6, 6.07) is 6.90. The van der Waals surface area contributed by atoms with Gasteiger partial charge in [-0.1, -0.05) is 12.1 Å². The summed E-state index contributed by atoms with van der Waals surface area (Å²) in [5, 5.41) is 3.54. The third kappa shape index (κ3) is 4.19. The Kier molecular flexibility index (Phi) is 5.77. The average Bonchev–Trinajstić information content (AvgIpc) is 3.44. The number of carbonyl (C=O) groups is 4. The number of carbonyl (C=O) groups excluding carboxylic acids is 4. The van der Waals surface area contributed by atoms with E-state index < -0.39 is 35.2 Å². The number of ether oxygens (including phenoxy) is 2. The summed E-state index contributed by atoms with van der Waals surface area (Å²) in [6.07, 6.45) is -1.78. The van der Waals surface area contributed by atoms with E-state index in [4.69, 9.17) is 9.47 Å². The first kappa shape index (κ1) is 23.9. The van der Waals surface area contributed by atoms with E-state index in [9.17, 15) is 19.2 Å². The van der Waals surface area contributed by atoms with Gasteiger partial charge >= 0.3 is 12.2 Å². The SMILES string of the molecule is CC(C)(C)OC(=O)N1C(=O)C2=C(c3cccs3)N(C(=O)OC(C)(C)C)C(=O)C2=C1c1cccs1. The number of thiophene rings is 2. The molecule has 0 aromatic carbocycles. The van der Waals surface area contributed by atoms with Gasteiger partial charge in [-0.25, -0.2) is 19.4 Å². The molecule has 0 saturated heterocycles. The second kappa shape index (κ2) is 8.21. The molecule has 0 spiro atoms. The van der Waals surface area contributed by atoms with Crippen molar-refractivity contribution in [3.05, 3.63) is 55.9 Å².